The van der Waals surface area contributed by atoms with Crippen molar-refractivity contribution in [2.24, 2.45) is 56.2 Å². The van der Waals surface area contributed by atoms with Gasteiger partial charge in [0.1, 0.15) is 6.10 Å². The van der Waals surface area contributed by atoms with Crippen LogP contribution in [0.2, 0.25) is 0 Å². The fourth-order valence-electron chi connectivity index (χ4n) is 11.1. The van der Waals surface area contributed by atoms with E-state index in [1.54, 1.807) is 0 Å². The largest absolute Gasteiger partial charge is 0.385 e. The molecular weight excluding hydrogens is 392 g/mol. The molecule has 182 valence electrons. The van der Waals surface area contributed by atoms with Gasteiger partial charge in [-0.05, 0) is 114 Å². The Hall–Kier alpha value is -0.370. The smallest absolute Gasteiger partial charge is 0.161 e. The summed E-state index contributed by atoms with van der Waals surface area (Å²) in [5.41, 5.74) is 2.07. The average Bonchev–Trinajstić information content (AvgIpc) is 2.72. The molecule has 0 heterocycles. The molecule has 5 aliphatic rings. The number of hydrogen-bond acceptors (Lipinski definition) is 2. The fourth-order valence-corrected chi connectivity index (χ4v) is 11.1. The van der Waals surface area contributed by atoms with Gasteiger partial charge < -0.3 is 5.11 Å². The monoisotopic (exact) mass is 442 g/mol. The van der Waals surface area contributed by atoms with Gasteiger partial charge in [0.2, 0.25) is 0 Å². The standard InChI is InChI=1S/C30H50O2/c1-19-24(32)20(31)17-22-27(19,5)10-9-21-28(22,6)14-16-30(8)23-18-25(2,3)11-12-26(23,4)13-15-29(21,30)7/h19,21-24,32H,9-18H2,1-8H3/t19-,21?,22+,23?,24-,26+,27+,28+,29+,30-/m0/s1. The zero-order valence-corrected chi connectivity index (χ0v) is 22.3. The molecule has 0 amide bonds. The molecule has 0 radical (unpaired) electrons. The van der Waals surface area contributed by atoms with E-state index in [0.717, 1.165) is 5.92 Å². The Morgan fingerprint density at radius 2 is 1.31 bits per heavy atom. The predicted octanol–water partition coefficient (Wildman–Crippen LogP) is 7.43. The van der Waals surface area contributed by atoms with Gasteiger partial charge in [-0.2, -0.15) is 0 Å². The van der Waals surface area contributed by atoms with Crippen LogP contribution >= 0.6 is 0 Å². The van der Waals surface area contributed by atoms with Crippen LogP contribution in [0.15, 0.2) is 0 Å². The van der Waals surface area contributed by atoms with Crippen molar-refractivity contribution in [3.63, 3.8) is 0 Å². The quantitative estimate of drug-likeness (QED) is 0.423. The van der Waals surface area contributed by atoms with Gasteiger partial charge in [-0.3, -0.25) is 4.79 Å². The SMILES string of the molecule is C[C@H]1[C@H](O)C(=O)C[C@@H]2[C@]1(C)CCC1[C@@]2(C)CC[C@@]2(C)C3CC(C)(C)CC[C@]3(C)CC[C@]12C. The van der Waals surface area contributed by atoms with Crippen LogP contribution in [-0.4, -0.2) is 17.0 Å². The van der Waals surface area contributed by atoms with Crippen LogP contribution in [0.25, 0.3) is 0 Å². The molecule has 0 aromatic heterocycles. The number of Topliss-reactive ketones (excluding diaryl/α,β-unsaturated/α-hetero) is 1. The van der Waals surface area contributed by atoms with Crippen LogP contribution in [0.3, 0.4) is 0 Å². The molecule has 2 heteroatoms. The van der Waals surface area contributed by atoms with Crippen molar-refractivity contribution in [2.75, 3.05) is 0 Å². The summed E-state index contributed by atoms with van der Waals surface area (Å²) in [6.45, 7) is 20.2. The third kappa shape index (κ3) is 2.71. The van der Waals surface area contributed by atoms with Gasteiger partial charge in [0.15, 0.2) is 5.78 Å². The summed E-state index contributed by atoms with van der Waals surface area (Å²) in [6.07, 6.45) is 11.9. The number of carbonyl (C=O) groups is 1. The van der Waals surface area contributed by atoms with Crippen molar-refractivity contribution in [3.8, 4) is 0 Å². The maximum atomic E-state index is 12.9. The van der Waals surface area contributed by atoms with Crippen molar-refractivity contribution in [1.82, 2.24) is 0 Å². The lowest BCUT2D eigenvalue weighted by Gasteiger charge is -2.75. The molecule has 0 aliphatic heterocycles. The molecule has 0 aromatic rings. The predicted molar refractivity (Wildman–Crippen MR) is 131 cm³/mol. The van der Waals surface area contributed by atoms with E-state index in [1.165, 1.54) is 57.8 Å². The molecule has 0 spiro atoms. The van der Waals surface area contributed by atoms with Gasteiger partial charge in [-0.1, -0.05) is 55.4 Å². The van der Waals surface area contributed by atoms with Crippen LogP contribution in [0, 0.1) is 56.2 Å². The van der Waals surface area contributed by atoms with Crippen molar-refractivity contribution < 1.29 is 9.90 Å². The molecular formula is C30H50O2. The molecule has 32 heavy (non-hydrogen) atoms. The molecule has 1 N–H and O–H groups in total. The fraction of sp³-hybridized carbons (Fsp3) is 0.967. The lowest BCUT2D eigenvalue weighted by Crippen LogP contribution is -2.68. The second-order valence-electron chi connectivity index (χ2n) is 15.5. The molecule has 10 atom stereocenters. The summed E-state index contributed by atoms with van der Waals surface area (Å²) < 4.78 is 0. The number of carbonyl (C=O) groups excluding carboxylic acids is 1. The molecule has 5 fully saturated rings. The van der Waals surface area contributed by atoms with Crippen LogP contribution in [0.4, 0.5) is 0 Å². The minimum atomic E-state index is -0.749. The van der Waals surface area contributed by atoms with E-state index in [-0.39, 0.29) is 22.5 Å². The number of hydrogen-bond donors (Lipinski definition) is 1. The molecule has 0 aromatic carbocycles. The third-order valence-electron chi connectivity index (χ3n) is 13.8. The number of aliphatic hydroxyl groups excluding tert-OH is 1. The van der Waals surface area contributed by atoms with E-state index in [0.29, 0.717) is 39.9 Å². The highest BCUT2D eigenvalue weighted by atomic mass is 16.3. The summed E-state index contributed by atoms with van der Waals surface area (Å²) in [4.78, 5) is 12.9. The summed E-state index contributed by atoms with van der Waals surface area (Å²) in [5.74, 6) is 2.16. The molecule has 5 aliphatic carbocycles. The minimum Gasteiger partial charge on any atom is -0.385 e. The topological polar surface area (TPSA) is 37.3 Å². The first kappa shape index (κ1) is 23.4. The second kappa shape index (κ2) is 6.64. The zero-order chi connectivity index (χ0) is 23.5. The highest BCUT2D eigenvalue weighted by Gasteiger charge is 2.71. The summed E-state index contributed by atoms with van der Waals surface area (Å²) in [6, 6.07) is 0. The maximum absolute atomic E-state index is 12.9. The van der Waals surface area contributed by atoms with Crippen molar-refractivity contribution in [1.29, 1.82) is 0 Å². The molecule has 0 saturated heterocycles. The number of fused-ring (bicyclic) bond motifs is 7. The van der Waals surface area contributed by atoms with Gasteiger partial charge in [0.05, 0.1) is 0 Å². The van der Waals surface area contributed by atoms with Crippen LogP contribution in [0.1, 0.15) is 120 Å². The molecule has 0 bridgehead atoms. The van der Waals surface area contributed by atoms with Gasteiger partial charge in [-0.25, -0.2) is 0 Å². The molecule has 5 saturated carbocycles. The zero-order valence-electron chi connectivity index (χ0n) is 22.3. The maximum Gasteiger partial charge on any atom is 0.161 e. The number of aliphatic hydroxyl groups is 1. The minimum absolute atomic E-state index is 0.0847. The van der Waals surface area contributed by atoms with Crippen LogP contribution in [-0.2, 0) is 4.79 Å². The van der Waals surface area contributed by atoms with Gasteiger partial charge >= 0.3 is 0 Å². The first-order valence-electron chi connectivity index (χ1n) is 13.8. The number of ketones is 1. The lowest BCUT2D eigenvalue weighted by molar-refractivity contribution is -0.260. The number of rotatable bonds is 0. The van der Waals surface area contributed by atoms with Crippen molar-refractivity contribution in [3.05, 3.63) is 0 Å². The summed E-state index contributed by atoms with van der Waals surface area (Å²) >= 11 is 0. The Balaban J connectivity index is 1.55. The van der Waals surface area contributed by atoms with E-state index in [4.69, 9.17) is 0 Å². The normalized spacial score (nSPS) is 59.4. The van der Waals surface area contributed by atoms with E-state index in [1.807, 2.05) is 0 Å². The summed E-state index contributed by atoms with van der Waals surface area (Å²) in [7, 11) is 0. The Labute approximate surface area is 197 Å². The molecule has 2 nitrogen and oxygen atoms in total. The van der Waals surface area contributed by atoms with Gasteiger partial charge in [-0.15, -0.1) is 0 Å². The van der Waals surface area contributed by atoms with E-state index in [9.17, 15) is 9.90 Å². The summed E-state index contributed by atoms with van der Waals surface area (Å²) in [5, 5.41) is 10.7. The second-order valence-corrected chi connectivity index (χ2v) is 15.5. The average molecular weight is 443 g/mol. The van der Waals surface area contributed by atoms with Crippen LogP contribution < -0.4 is 0 Å². The first-order chi connectivity index (χ1) is 14.6. The Morgan fingerprint density at radius 3 is 2.00 bits per heavy atom. The molecule has 5 rings (SSSR count). The molecule has 2 unspecified atom stereocenters. The Morgan fingerprint density at radius 1 is 0.719 bits per heavy atom. The van der Waals surface area contributed by atoms with Gasteiger partial charge in [0.25, 0.3) is 0 Å². The highest BCUT2D eigenvalue weighted by Crippen LogP contribution is 2.78. The van der Waals surface area contributed by atoms with E-state index in [2.05, 4.69) is 55.4 Å². The van der Waals surface area contributed by atoms with Crippen molar-refractivity contribution in [2.45, 2.75) is 126 Å². The Bertz CT molecular complexity index is 816. The van der Waals surface area contributed by atoms with Crippen molar-refractivity contribution >= 4 is 5.78 Å². The van der Waals surface area contributed by atoms with Crippen LogP contribution in [0.5, 0.6) is 0 Å². The third-order valence-corrected chi connectivity index (χ3v) is 13.8. The van der Waals surface area contributed by atoms with Gasteiger partial charge in [0, 0.05) is 6.42 Å². The lowest BCUT2D eigenvalue weighted by atomic mass is 9.30. The van der Waals surface area contributed by atoms with E-state index >= 15 is 0 Å². The first-order valence-corrected chi connectivity index (χ1v) is 13.8. The Kier molecular flexibility index (Phi) is 4.85. The van der Waals surface area contributed by atoms with E-state index < -0.39 is 6.10 Å². The highest BCUT2D eigenvalue weighted by molar-refractivity contribution is 5.84.